The van der Waals surface area contributed by atoms with Crippen molar-refractivity contribution >= 4 is 28.4 Å². The van der Waals surface area contributed by atoms with Crippen LogP contribution in [0.25, 0.3) is 22.6 Å². The average Bonchev–Trinajstić information content (AvgIpc) is 3.59. The zero-order valence-corrected chi connectivity index (χ0v) is 22.0. The number of nitrogens with two attached hydrogens (primary N) is 1. The van der Waals surface area contributed by atoms with E-state index in [1.807, 2.05) is 24.3 Å². The minimum absolute atomic E-state index is 0.0565. The van der Waals surface area contributed by atoms with Crippen LogP contribution in [0.5, 0.6) is 5.75 Å². The molecular weight excluding hydrogens is 496 g/mol. The molecule has 3 heterocycles. The molecule has 2 aromatic heterocycles. The highest BCUT2D eigenvalue weighted by molar-refractivity contribution is 6.06. The highest BCUT2D eigenvalue weighted by atomic mass is 16.5. The van der Waals surface area contributed by atoms with E-state index in [9.17, 15) is 9.90 Å². The van der Waals surface area contributed by atoms with Crippen molar-refractivity contribution in [3.63, 3.8) is 0 Å². The van der Waals surface area contributed by atoms with Gasteiger partial charge in [-0.1, -0.05) is 19.1 Å². The number of nitrogens with one attached hydrogen (secondary N) is 2. The maximum absolute atomic E-state index is 12.4. The van der Waals surface area contributed by atoms with Crippen LogP contribution in [-0.2, 0) is 13.0 Å². The fourth-order valence-corrected chi connectivity index (χ4v) is 5.26. The fraction of sp³-hybridized carbons (Fsp3) is 0.345. The van der Waals surface area contributed by atoms with Crippen molar-refractivity contribution in [1.29, 1.82) is 0 Å². The van der Waals surface area contributed by atoms with Gasteiger partial charge in [-0.25, -0.2) is 9.97 Å². The van der Waals surface area contributed by atoms with Crippen molar-refractivity contribution in [3.8, 4) is 17.1 Å². The minimum atomic E-state index is -0.592. The van der Waals surface area contributed by atoms with Gasteiger partial charge in [-0.2, -0.15) is 0 Å². The molecule has 0 spiro atoms. The molecule has 1 aliphatic heterocycles. The lowest BCUT2D eigenvalue weighted by Gasteiger charge is -2.25. The van der Waals surface area contributed by atoms with Gasteiger partial charge in [-0.15, -0.1) is 0 Å². The molecule has 6 N–H and O–H groups in total. The summed E-state index contributed by atoms with van der Waals surface area (Å²) >= 11 is 0. The first-order chi connectivity index (χ1) is 19.0. The van der Waals surface area contributed by atoms with Crippen LogP contribution in [0.15, 0.2) is 48.7 Å². The van der Waals surface area contributed by atoms with Crippen molar-refractivity contribution in [2.75, 3.05) is 31.7 Å². The number of hydrogen-bond donors (Lipinski definition) is 5. The van der Waals surface area contributed by atoms with E-state index in [-0.39, 0.29) is 31.4 Å². The number of benzene rings is 2. The lowest BCUT2D eigenvalue weighted by Crippen LogP contribution is -2.32. The Morgan fingerprint density at radius 3 is 2.77 bits per heavy atom. The first-order valence-corrected chi connectivity index (χ1v) is 13.3. The number of imidazole rings is 1. The van der Waals surface area contributed by atoms with Gasteiger partial charge in [-0.05, 0) is 67.3 Å². The van der Waals surface area contributed by atoms with E-state index in [1.54, 1.807) is 12.1 Å². The Kier molecular flexibility index (Phi) is 8.06. The van der Waals surface area contributed by atoms with Crippen LogP contribution in [0.1, 0.15) is 41.3 Å². The van der Waals surface area contributed by atoms with Crippen LogP contribution in [0.3, 0.4) is 0 Å². The van der Waals surface area contributed by atoms with Crippen molar-refractivity contribution in [2.24, 2.45) is 5.73 Å². The topological polar surface area (TPSA) is 150 Å². The molecule has 0 aliphatic carbocycles. The molecule has 39 heavy (non-hydrogen) atoms. The maximum Gasteiger partial charge on any atom is 0.252 e. The fourth-order valence-electron chi connectivity index (χ4n) is 5.26. The Hall–Kier alpha value is -3.99. The number of hydrogen-bond acceptors (Lipinski definition) is 8. The van der Waals surface area contributed by atoms with Crippen LogP contribution in [0.2, 0.25) is 0 Å². The molecular formula is C29H34N6O4. The Bertz CT molecular complexity index is 1450. The summed E-state index contributed by atoms with van der Waals surface area (Å²) in [6.45, 7) is 4.16. The number of carbonyl (C=O) groups excluding carboxylic acids is 1. The predicted molar refractivity (Wildman–Crippen MR) is 150 cm³/mol. The molecule has 204 valence electrons. The van der Waals surface area contributed by atoms with Gasteiger partial charge in [0.25, 0.3) is 5.91 Å². The molecule has 1 amide bonds. The Morgan fingerprint density at radius 1 is 1.23 bits per heavy atom. The lowest BCUT2D eigenvalue weighted by molar-refractivity contribution is 0.100. The molecule has 10 heteroatoms. The normalized spacial score (nSPS) is 15.6. The zero-order chi connectivity index (χ0) is 27.4. The molecule has 1 fully saturated rings. The van der Waals surface area contributed by atoms with Gasteiger partial charge in [0.2, 0.25) is 0 Å². The number of primary amides is 1. The summed E-state index contributed by atoms with van der Waals surface area (Å²) in [6.07, 6.45) is 4.33. The third-order valence-electron chi connectivity index (χ3n) is 7.24. The second-order valence-electron chi connectivity index (χ2n) is 9.66. The van der Waals surface area contributed by atoms with Crippen LogP contribution < -0.4 is 15.8 Å². The van der Waals surface area contributed by atoms with E-state index in [1.165, 1.54) is 11.8 Å². The molecule has 4 aromatic rings. The first-order valence-electron chi connectivity index (χ1n) is 13.3. The van der Waals surface area contributed by atoms with Gasteiger partial charge in [0.15, 0.2) is 5.65 Å². The number of likely N-dealkylation sites (tertiary alicyclic amines) is 1. The Balaban J connectivity index is 1.51. The van der Waals surface area contributed by atoms with Gasteiger partial charge in [0, 0.05) is 30.0 Å². The highest BCUT2D eigenvalue weighted by Crippen LogP contribution is 2.33. The number of amides is 1. The second-order valence-corrected chi connectivity index (χ2v) is 9.66. The average molecular weight is 531 g/mol. The molecule has 10 nitrogen and oxygen atoms in total. The van der Waals surface area contributed by atoms with Gasteiger partial charge in [0.1, 0.15) is 23.7 Å². The number of pyridine rings is 1. The molecule has 0 unspecified atom stereocenters. The van der Waals surface area contributed by atoms with Crippen molar-refractivity contribution in [1.82, 2.24) is 19.9 Å². The summed E-state index contributed by atoms with van der Waals surface area (Å²) in [4.78, 5) is 27.1. The van der Waals surface area contributed by atoms with E-state index >= 15 is 0 Å². The molecule has 5 rings (SSSR count). The summed E-state index contributed by atoms with van der Waals surface area (Å²) in [5.74, 6) is 0.640. The molecule has 0 radical (unpaired) electrons. The molecule has 1 atom stereocenters. The quantitative estimate of drug-likeness (QED) is 0.198. The Labute approximate surface area is 226 Å². The predicted octanol–water partition coefficient (Wildman–Crippen LogP) is 3.36. The monoisotopic (exact) mass is 530 g/mol. The summed E-state index contributed by atoms with van der Waals surface area (Å²) in [5.41, 5.74) is 11.6. The minimum Gasteiger partial charge on any atom is -0.491 e. The van der Waals surface area contributed by atoms with Crippen LogP contribution in [-0.4, -0.2) is 68.4 Å². The summed E-state index contributed by atoms with van der Waals surface area (Å²) in [5, 5.41) is 22.2. The lowest BCUT2D eigenvalue weighted by atomic mass is 10.0. The number of aliphatic hydroxyl groups is 2. The van der Waals surface area contributed by atoms with Crippen molar-refractivity contribution < 1.29 is 19.7 Å². The SMILES string of the molecule is CCc1c(CN2CCC[C@H]2CO)cccc1Nc1c(C(N)=O)cnc2nc(-c3ccc(OCCO)cc3)[nH]c12. The first kappa shape index (κ1) is 26.6. The number of aromatic nitrogens is 3. The number of fused-ring (bicyclic) bond motifs is 1. The van der Waals surface area contributed by atoms with E-state index < -0.39 is 5.91 Å². The van der Waals surface area contributed by atoms with E-state index in [2.05, 4.69) is 38.2 Å². The summed E-state index contributed by atoms with van der Waals surface area (Å²) in [7, 11) is 0. The number of anilines is 2. The zero-order valence-electron chi connectivity index (χ0n) is 22.0. The Morgan fingerprint density at radius 2 is 2.05 bits per heavy atom. The molecule has 1 saturated heterocycles. The van der Waals surface area contributed by atoms with E-state index in [0.29, 0.717) is 28.4 Å². The van der Waals surface area contributed by atoms with Gasteiger partial charge in [0.05, 0.1) is 24.5 Å². The van der Waals surface area contributed by atoms with Crippen LogP contribution in [0.4, 0.5) is 11.4 Å². The third kappa shape index (κ3) is 5.58. The highest BCUT2D eigenvalue weighted by Gasteiger charge is 2.25. The summed E-state index contributed by atoms with van der Waals surface area (Å²) in [6, 6.07) is 13.6. The van der Waals surface area contributed by atoms with Crippen molar-refractivity contribution in [3.05, 3.63) is 65.4 Å². The molecule has 2 aromatic carbocycles. The summed E-state index contributed by atoms with van der Waals surface area (Å²) < 4.78 is 5.45. The number of aliphatic hydroxyl groups excluding tert-OH is 2. The number of carbonyl (C=O) groups is 1. The van der Waals surface area contributed by atoms with E-state index in [4.69, 9.17) is 15.6 Å². The van der Waals surface area contributed by atoms with Gasteiger partial charge >= 0.3 is 0 Å². The van der Waals surface area contributed by atoms with Gasteiger partial charge < -0.3 is 31.0 Å². The van der Waals surface area contributed by atoms with Gasteiger partial charge in [-0.3, -0.25) is 9.69 Å². The van der Waals surface area contributed by atoms with Crippen molar-refractivity contribution in [2.45, 2.75) is 38.8 Å². The molecule has 0 saturated carbocycles. The molecule has 0 bridgehead atoms. The second kappa shape index (κ2) is 11.8. The van der Waals surface area contributed by atoms with Crippen LogP contribution in [0, 0.1) is 0 Å². The third-order valence-corrected chi connectivity index (χ3v) is 7.24. The van der Waals surface area contributed by atoms with Crippen LogP contribution >= 0.6 is 0 Å². The number of nitrogens with zero attached hydrogens (tertiary/aromatic N) is 3. The number of aromatic amines is 1. The number of rotatable bonds is 11. The van der Waals surface area contributed by atoms with E-state index in [0.717, 1.165) is 49.2 Å². The smallest absolute Gasteiger partial charge is 0.252 e. The standard InChI is InChI=1S/C29H34N6O4/c1-2-22-19(16-35-12-4-6-20(35)17-37)5-3-7-24(22)32-25-23(27(30)38)15-31-29-26(25)33-28(34-29)18-8-10-21(11-9-18)39-14-13-36/h3,5,7-11,15,20,36-37H,2,4,6,12-14,16-17H2,1H3,(H2,30,38)(H2,31,32,33,34)/t20-/m0/s1. The number of H-pyrrole nitrogens is 1. The maximum atomic E-state index is 12.4. The molecule has 1 aliphatic rings. The number of ether oxygens (including phenoxy) is 1. The largest absolute Gasteiger partial charge is 0.491 e.